The molecule has 0 aromatic heterocycles. The van der Waals surface area contributed by atoms with E-state index in [1.807, 2.05) is 0 Å². The Morgan fingerprint density at radius 2 is 1.73 bits per heavy atom. The molecule has 0 aromatic rings. The van der Waals surface area contributed by atoms with Gasteiger partial charge in [0.25, 0.3) is 0 Å². The molecule has 4 aliphatic rings. The van der Waals surface area contributed by atoms with E-state index in [9.17, 15) is 10.2 Å². The van der Waals surface area contributed by atoms with Crippen molar-refractivity contribution in [1.29, 1.82) is 0 Å². The number of allylic oxidation sites excluding steroid dienone is 1. The molecule has 0 aromatic carbocycles. The van der Waals surface area contributed by atoms with Gasteiger partial charge in [-0.05, 0) is 86.9 Å². The summed E-state index contributed by atoms with van der Waals surface area (Å²) in [6.45, 7) is 6.90. The molecule has 0 aliphatic heterocycles. The van der Waals surface area contributed by atoms with Crippen molar-refractivity contribution in [2.24, 2.45) is 28.6 Å². The predicted octanol–water partition coefficient (Wildman–Crippen LogP) is 4.06. The van der Waals surface area contributed by atoms with Crippen molar-refractivity contribution in [2.75, 3.05) is 0 Å². The molecule has 0 saturated heterocycles. The molecule has 0 radical (unpaired) electrons. The smallest absolute Gasteiger partial charge is 0.0675 e. The van der Waals surface area contributed by atoms with E-state index in [1.165, 1.54) is 25.7 Å². The van der Waals surface area contributed by atoms with Crippen molar-refractivity contribution < 1.29 is 10.2 Å². The van der Waals surface area contributed by atoms with Crippen LogP contribution in [0.1, 0.15) is 72.1 Å². The third-order valence-electron chi connectivity index (χ3n) is 8.64. The standard InChI is InChI=1S/C20H32O2/c1-18-9-6-14(21)12-13(18)4-5-15-16(18)7-10-19(2)17(15)8-11-20(19,3)22/h4,14-17,21-22H,5-12H2,1-3H3/t14?,15?,16?,17?,18-,19-,20-/m0/s1. The van der Waals surface area contributed by atoms with Crippen molar-refractivity contribution in [3.05, 3.63) is 11.6 Å². The molecule has 3 fully saturated rings. The van der Waals surface area contributed by atoms with E-state index in [2.05, 4.69) is 26.8 Å². The molecule has 4 unspecified atom stereocenters. The van der Waals surface area contributed by atoms with Crippen LogP contribution in [-0.4, -0.2) is 21.9 Å². The van der Waals surface area contributed by atoms with Crippen molar-refractivity contribution in [3.8, 4) is 0 Å². The second-order valence-electron chi connectivity index (χ2n) is 9.42. The van der Waals surface area contributed by atoms with Crippen LogP contribution in [-0.2, 0) is 0 Å². The highest BCUT2D eigenvalue weighted by atomic mass is 16.3. The first-order chi connectivity index (χ1) is 10.3. The summed E-state index contributed by atoms with van der Waals surface area (Å²) < 4.78 is 0. The molecule has 3 saturated carbocycles. The maximum absolute atomic E-state index is 10.9. The van der Waals surface area contributed by atoms with E-state index < -0.39 is 5.60 Å². The molecule has 0 bridgehead atoms. The van der Waals surface area contributed by atoms with E-state index >= 15 is 0 Å². The van der Waals surface area contributed by atoms with E-state index in [-0.39, 0.29) is 11.5 Å². The summed E-state index contributed by atoms with van der Waals surface area (Å²) >= 11 is 0. The molecule has 7 atom stereocenters. The Morgan fingerprint density at radius 1 is 1.00 bits per heavy atom. The lowest BCUT2D eigenvalue weighted by atomic mass is 9.47. The molecule has 2 N–H and O–H groups in total. The number of aliphatic hydroxyl groups is 2. The van der Waals surface area contributed by atoms with E-state index in [4.69, 9.17) is 0 Å². The summed E-state index contributed by atoms with van der Waals surface area (Å²) in [4.78, 5) is 0. The Kier molecular flexibility index (Phi) is 3.18. The van der Waals surface area contributed by atoms with Gasteiger partial charge in [0.05, 0.1) is 11.7 Å². The summed E-state index contributed by atoms with van der Waals surface area (Å²) in [6.07, 6.45) is 11.2. The minimum absolute atomic E-state index is 0.114. The maximum Gasteiger partial charge on any atom is 0.0675 e. The fourth-order valence-corrected chi connectivity index (χ4v) is 6.89. The second kappa shape index (κ2) is 4.60. The number of aliphatic hydroxyl groups excluding tert-OH is 1. The predicted molar refractivity (Wildman–Crippen MR) is 88.3 cm³/mol. The molecule has 0 spiro atoms. The molecule has 4 rings (SSSR count). The van der Waals surface area contributed by atoms with Crippen LogP contribution >= 0.6 is 0 Å². The van der Waals surface area contributed by atoms with Gasteiger partial charge in [-0.15, -0.1) is 0 Å². The summed E-state index contributed by atoms with van der Waals surface area (Å²) in [7, 11) is 0. The number of rotatable bonds is 0. The second-order valence-corrected chi connectivity index (χ2v) is 9.42. The van der Waals surface area contributed by atoms with Crippen LogP contribution in [0.25, 0.3) is 0 Å². The van der Waals surface area contributed by atoms with Crippen molar-refractivity contribution in [3.63, 3.8) is 0 Å². The van der Waals surface area contributed by atoms with Crippen molar-refractivity contribution in [2.45, 2.75) is 83.8 Å². The lowest BCUT2D eigenvalue weighted by Crippen LogP contribution is -2.53. The van der Waals surface area contributed by atoms with Gasteiger partial charge in [0.2, 0.25) is 0 Å². The van der Waals surface area contributed by atoms with Crippen LogP contribution in [0.2, 0.25) is 0 Å². The summed E-state index contributed by atoms with van der Waals surface area (Å²) in [5.41, 5.74) is 1.50. The molecule has 0 amide bonds. The highest BCUT2D eigenvalue weighted by Gasteiger charge is 2.61. The van der Waals surface area contributed by atoms with Crippen LogP contribution in [0.3, 0.4) is 0 Å². The quantitative estimate of drug-likeness (QED) is 0.663. The summed E-state index contributed by atoms with van der Waals surface area (Å²) in [5.74, 6) is 2.20. The highest BCUT2D eigenvalue weighted by molar-refractivity contribution is 5.26. The molecule has 2 nitrogen and oxygen atoms in total. The van der Waals surface area contributed by atoms with E-state index in [0.717, 1.165) is 37.5 Å². The van der Waals surface area contributed by atoms with Gasteiger partial charge in [0.15, 0.2) is 0 Å². The Morgan fingerprint density at radius 3 is 2.50 bits per heavy atom. The Bertz CT molecular complexity index is 508. The number of hydrogen-bond acceptors (Lipinski definition) is 2. The lowest BCUT2D eigenvalue weighted by Gasteiger charge is -2.58. The van der Waals surface area contributed by atoms with E-state index in [1.54, 1.807) is 5.57 Å². The van der Waals surface area contributed by atoms with Crippen LogP contribution in [0.15, 0.2) is 11.6 Å². The third kappa shape index (κ3) is 1.80. The van der Waals surface area contributed by atoms with Crippen LogP contribution in [0.4, 0.5) is 0 Å². The summed E-state index contributed by atoms with van der Waals surface area (Å²) in [6, 6.07) is 0. The van der Waals surface area contributed by atoms with Crippen LogP contribution in [0, 0.1) is 28.6 Å². The Labute approximate surface area is 135 Å². The first kappa shape index (κ1) is 15.2. The maximum atomic E-state index is 10.9. The number of fused-ring (bicyclic) bond motifs is 5. The molecular weight excluding hydrogens is 272 g/mol. The molecule has 22 heavy (non-hydrogen) atoms. The number of hydrogen-bond donors (Lipinski definition) is 2. The lowest BCUT2D eigenvalue weighted by molar-refractivity contribution is -0.115. The zero-order chi connectivity index (χ0) is 15.8. The Balaban J connectivity index is 1.69. The zero-order valence-corrected chi connectivity index (χ0v) is 14.4. The van der Waals surface area contributed by atoms with Crippen LogP contribution in [0.5, 0.6) is 0 Å². The van der Waals surface area contributed by atoms with Gasteiger partial charge in [0, 0.05) is 0 Å². The van der Waals surface area contributed by atoms with Gasteiger partial charge in [-0.3, -0.25) is 0 Å². The molecule has 124 valence electrons. The first-order valence-electron chi connectivity index (χ1n) is 9.38. The van der Waals surface area contributed by atoms with Crippen molar-refractivity contribution >= 4 is 0 Å². The largest absolute Gasteiger partial charge is 0.393 e. The average Bonchev–Trinajstić information content (AvgIpc) is 2.70. The van der Waals surface area contributed by atoms with E-state index in [0.29, 0.717) is 11.3 Å². The van der Waals surface area contributed by atoms with Gasteiger partial charge >= 0.3 is 0 Å². The molecule has 4 aliphatic carbocycles. The van der Waals surface area contributed by atoms with Crippen LogP contribution < -0.4 is 0 Å². The normalized spacial score (nSPS) is 57.6. The fraction of sp³-hybridized carbons (Fsp3) is 0.900. The Hall–Kier alpha value is -0.340. The van der Waals surface area contributed by atoms with Crippen molar-refractivity contribution in [1.82, 2.24) is 0 Å². The van der Waals surface area contributed by atoms with Gasteiger partial charge in [-0.25, -0.2) is 0 Å². The molecule has 2 heteroatoms. The SMILES string of the molecule is C[C@]12CCC(O)CC1=CCC1C2CC[C@@]2(C)C1CC[C@]2(C)O. The monoisotopic (exact) mass is 304 g/mol. The summed E-state index contributed by atoms with van der Waals surface area (Å²) in [5, 5.41) is 21.0. The zero-order valence-electron chi connectivity index (χ0n) is 14.4. The average molecular weight is 304 g/mol. The topological polar surface area (TPSA) is 40.5 Å². The van der Waals surface area contributed by atoms with Gasteiger partial charge < -0.3 is 10.2 Å². The van der Waals surface area contributed by atoms with Gasteiger partial charge in [0.1, 0.15) is 0 Å². The highest BCUT2D eigenvalue weighted by Crippen LogP contribution is 2.66. The first-order valence-corrected chi connectivity index (χ1v) is 9.38. The molecule has 0 heterocycles. The van der Waals surface area contributed by atoms with Gasteiger partial charge in [-0.1, -0.05) is 25.5 Å². The minimum atomic E-state index is -0.476. The molecular formula is C20H32O2. The van der Waals surface area contributed by atoms with Gasteiger partial charge in [-0.2, -0.15) is 0 Å². The fourth-order valence-electron chi connectivity index (χ4n) is 6.89. The third-order valence-corrected chi connectivity index (χ3v) is 8.64. The minimum Gasteiger partial charge on any atom is -0.393 e.